The van der Waals surface area contributed by atoms with Crippen LogP contribution in [0.4, 0.5) is 10.1 Å². The van der Waals surface area contributed by atoms with Crippen LogP contribution in [0.1, 0.15) is 15.9 Å². The van der Waals surface area contributed by atoms with Crippen molar-refractivity contribution in [3.8, 4) is 11.5 Å². The molecule has 0 saturated heterocycles. The number of nitrogens with zero attached hydrogens (tertiary/aromatic N) is 1. The van der Waals surface area contributed by atoms with Crippen LogP contribution in [-0.2, 0) is 6.54 Å². The number of hydrogen-bond acceptors (Lipinski definition) is 4. The second-order valence-corrected chi connectivity index (χ2v) is 5.43. The first kappa shape index (κ1) is 17.6. The molecule has 6 heteroatoms. The smallest absolute Gasteiger partial charge is 0.254 e. The number of benzene rings is 2. The van der Waals surface area contributed by atoms with Gasteiger partial charge in [-0.05, 0) is 35.9 Å². The minimum Gasteiger partial charge on any atom is -0.493 e. The van der Waals surface area contributed by atoms with E-state index in [9.17, 15) is 9.18 Å². The number of rotatable bonds is 6. The van der Waals surface area contributed by atoms with Gasteiger partial charge in [-0.2, -0.15) is 0 Å². The monoisotopic (exact) mass is 332 g/mol. The number of methoxy groups -OCH3 is 2. The van der Waals surface area contributed by atoms with Crippen molar-refractivity contribution in [3.05, 3.63) is 53.3 Å². The molecule has 0 unspecified atom stereocenters. The summed E-state index contributed by atoms with van der Waals surface area (Å²) in [6.45, 7) is 0.258. The lowest BCUT2D eigenvalue weighted by Gasteiger charge is -2.14. The quantitative estimate of drug-likeness (QED) is 0.884. The van der Waals surface area contributed by atoms with E-state index in [4.69, 9.17) is 9.47 Å². The Hall–Kier alpha value is -2.76. The molecule has 2 aromatic carbocycles. The molecule has 2 aromatic rings. The van der Waals surface area contributed by atoms with Crippen molar-refractivity contribution in [2.24, 2.45) is 0 Å². The average molecular weight is 332 g/mol. The highest BCUT2D eigenvalue weighted by Gasteiger charge is 2.13. The van der Waals surface area contributed by atoms with Gasteiger partial charge in [-0.25, -0.2) is 4.39 Å². The number of halogens is 1. The summed E-state index contributed by atoms with van der Waals surface area (Å²) in [5.74, 6) is 0.169. The van der Waals surface area contributed by atoms with E-state index in [0.29, 0.717) is 17.2 Å². The van der Waals surface area contributed by atoms with E-state index < -0.39 is 11.7 Å². The summed E-state index contributed by atoms with van der Waals surface area (Å²) in [7, 11) is 6.72. The SMILES string of the molecule is COc1ccc(CNC(=O)c2ccc(N(C)C)cc2F)cc1OC. The summed E-state index contributed by atoms with van der Waals surface area (Å²) in [5, 5.41) is 2.70. The molecular weight excluding hydrogens is 311 g/mol. The van der Waals surface area contributed by atoms with Crippen LogP contribution in [0.2, 0.25) is 0 Å². The molecule has 0 spiro atoms. The molecule has 0 heterocycles. The first-order chi connectivity index (χ1) is 11.5. The van der Waals surface area contributed by atoms with Crippen molar-refractivity contribution >= 4 is 11.6 Å². The lowest BCUT2D eigenvalue weighted by molar-refractivity contribution is 0.0947. The fraction of sp³-hybridized carbons (Fsp3) is 0.278. The summed E-state index contributed by atoms with van der Waals surface area (Å²) in [4.78, 5) is 13.9. The average Bonchev–Trinajstić information content (AvgIpc) is 2.59. The van der Waals surface area contributed by atoms with E-state index in [1.807, 2.05) is 20.2 Å². The van der Waals surface area contributed by atoms with Crippen molar-refractivity contribution in [3.63, 3.8) is 0 Å². The fourth-order valence-corrected chi connectivity index (χ4v) is 2.23. The molecule has 128 valence electrons. The van der Waals surface area contributed by atoms with E-state index >= 15 is 0 Å². The minimum atomic E-state index is -0.550. The predicted octanol–water partition coefficient (Wildman–Crippen LogP) is 2.84. The fourth-order valence-electron chi connectivity index (χ4n) is 2.23. The van der Waals surface area contributed by atoms with Crippen LogP contribution in [0.15, 0.2) is 36.4 Å². The number of amides is 1. The van der Waals surface area contributed by atoms with E-state index in [1.165, 1.54) is 12.1 Å². The summed E-state index contributed by atoms with van der Waals surface area (Å²) < 4.78 is 24.5. The third-order valence-electron chi connectivity index (χ3n) is 3.61. The van der Waals surface area contributed by atoms with Gasteiger partial charge in [-0.1, -0.05) is 6.07 Å². The summed E-state index contributed by atoms with van der Waals surface area (Å²) >= 11 is 0. The van der Waals surface area contributed by atoms with Gasteiger partial charge in [0.25, 0.3) is 5.91 Å². The molecule has 2 rings (SSSR count). The summed E-state index contributed by atoms with van der Waals surface area (Å²) in [5.41, 5.74) is 1.54. The molecule has 0 aromatic heterocycles. The Balaban J connectivity index is 2.08. The van der Waals surface area contributed by atoms with Crippen LogP contribution in [0.3, 0.4) is 0 Å². The van der Waals surface area contributed by atoms with Crippen LogP contribution < -0.4 is 19.7 Å². The van der Waals surface area contributed by atoms with E-state index in [2.05, 4.69) is 5.32 Å². The Kier molecular flexibility index (Phi) is 5.63. The molecule has 0 radical (unpaired) electrons. The second-order valence-electron chi connectivity index (χ2n) is 5.43. The zero-order chi connectivity index (χ0) is 17.7. The molecule has 5 nitrogen and oxygen atoms in total. The maximum absolute atomic E-state index is 14.1. The maximum atomic E-state index is 14.1. The van der Waals surface area contributed by atoms with Gasteiger partial charge in [-0.15, -0.1) is 0 Å². The third kappa shape index (κ3) is 3.95. The molecular formula is C18H21FN2O3. The standard InChI is InChI=1S/C18H21FN2O3/c1-21(2)13-6-7-14(15(19)10-13)18(22)20-11-12-5-8-16(23-3)17(9-12)24-4/h5-10H,11H2,1-4H3,(H,20,22). The Labute approximate surface area is 141 Å². The van der Waals surface area contributed by atoms with Crippen LogP contribution in [0, 0.1) is 5.82 Å². The highest BCUT2D eigenvalue weighted by molar-refractivity contribution is 5.94. The van der Waals surface area contributed by atoms with Gasteiger partial charge in [0.2, 0.25) is 0 Å². The number of ether oxygens (including phenoxy) is 2. The summed E-state index contributed by atoms with van der Waals surface area (Å²) in [6.07, 6.45) is 0. The van der Waals surface area contributed by atoms with Crippen LogP contribution in [0.25, 0.3) is 0 Å². The minimum absolute atomic E-state index is 0.0149. The lowest BCUT2D eigenvalue weighted by Crippen LogP contribution is -2.24. The van der Waals surface area contributed by atoms with Gasteiger partial charge in [0.15, 0.2) is 11.5 Å². The van der Waals surface area contributed by atoms with Crippen LogP contribution in [-0.4, -0.2) is 34.2 Å². The molecule has 24 heavy (non-hydrogen) atoms. The number of carbonyl (C=O) groups is 1. The maximum Gasteiger partial charge on any atom is 0.254 e. The largest absolute Gasteiger partial charge is 0.493 e. The van der Waals surface area contributed by atoms with Crippen molar-refractivity contribution in [2.75, 3.05) is 33.2 Å². The van der Waals surface area contributed by atoms with E-state index in [1.54, 1.807) is 37.3 Å². The Morgan fingerprint density at radius 1 is 1.08 bits per heavy atom. The first-order valence-corrected chi connectivity index (χ1v) is 7.42. The Bertz CT molecular complexity index is 732. The van der Waals surface area contributed by atoms with Gasteiger partial charge in [-0.3, -0.25) is 4.79 Å². The zero-order valence-corrected chi connectivity index (χ0v) is 14.2. The molecule has 1 N–H and O–H groups in total. The first-order valence-electron chi connectivity index (χ1n) is 7.42. The second kappa shape index (κ2) is 7.68. The van der Waals surface area contributed by atoms with E-state index in [0.717, 1.165) is 5.56 Å². The van der Waals surface area contributed by atoms with Crippen LogP contribution in [0.5, 0.6) is 11.5 Å². The van der Waals surface area contributed by atoms with Gasteiger partial charge < -0.3 is 19.7 Å². The molecule has 1 amide bonds. The lowest BCUT2D eigenvalue weighted by atomic mass is 10.1. The van der Waals surface area contributed by atoms with Gasteiger partial charge in [0.05, 0.1) is 19.8 Å². The molecule has 0 bridgehead atoms. The topological polar surface area (TPSA) is 50.8 Å². The molecule has 0 aliphatic heterocycles. The molecule has 0 atom stereocenters. The number of nitrogens with one attached hydrogen (secondary N) is 1. The highest BCUT2D eigenvalue weighted by Crippen LogP contribution is 2.27. The van der Waals surface area contributed by atoms with Gasteiger partial charge in [0.1, 0.15) is 5.82 Å². The van der Waals surface area contributed by atoms with Crippen molar-refractivity contribution in [1.82, 2.24) is 5.32 Å². The number of anilines is 1. The third-order valence-corrected chi connectivity index (χ3v) is 3.61. The Morgan fingerprint density at radius 2 is 1.79 bits per heavy atom. The Morgan fingerprint density at radius 3 is 2.38 bits per heavy atom. The zero-order valence-electron chi connectivity index (χ0n) is 14.2. The van der Waals surface area contributed by atoms with E-state index in [-0.39, 0.29) is 12.1 Å². The highest BCUT2D eigenvalue weighted by atomic mass is 19.1. The predicted molar refractivity (Wildman–Crippen MR) is 91.4 cm³/mol. The normalized spacial score (nSPS) is 10.2. The molecule has 0 saturated carbocycles. The van der Waals surface area contributed by atoms with Crippen LogP contribution >= 0.6 is 0 Å². The number of hydrogen-bond donors (Lipinski definition) is 1. The molecule has 0 aliphatic carbocycles. The van der Waals surface area contributed by atoms with Gasteiger partial charge >= 0.3 is 0 Å². The summed E-state index contributed by atoms with van der Waals surface area (Å²) in [6, 6.07) is 9.86. The van der Waals surface area contributed by atoms with Crippen molar-refractivity contribution < 1.29 is 18.7 Å². The molecule has 0 fully saturated rings. The number of carbonyl (C=O) groups excluding carboxylic acids is 1. The molecule has 0 aliphatic rings. The van der Waals surface area contributed by atoms with Gasteiger partial charge in [0, 0.05) is 26.3 Å². The van der Waals surface area contributed by atoms with Crippen molar-refractivity contribution in [1.29, 1.82) is 0 Å². The van der Waals surface area contributed by atoms with Crippen molar-refractivity contribution in [2.45, 2.75) is 6.54 Å².